The monoisotopic (exact) mass is 348 g/mol. The Balaban J connectivity index is 2.04. The maximum Gasteiger partial charge on any atom is 0.150 e. The zero-order valence-electron chi connectivity index (χ0n) is 16.2. The van der Waals surface area contributed by atoms with Gasteiger partial charge < -0.3 is 20.0 Å². The highest BCUT2D eigenvalue weighted by molar-refractivity contribution is 5.99. The predicted octanol–water partition coefficient (Wildman–Crippen LogP) is 3.35. The van der Waals surface area contributed by atoms with E-state index in [2.05, 4.69) is 0 Å². The second kappa shape index (κ2) is 6.45. The van der Waals surface area contributed by atoms with E-state index in [1.54, 1.807) is 0 Å². The molecule has 0 saturated heterocycles. The minimum atomic E-state index is -0.156. The van der Waals surface area contributed by atoms with Crippen LogP contribution in [0.15, 0.2) is 36.4 Å². The highest BCUT2D eigenvalue weighted by Crippen LogP contribution is 2.53. The fraction of sp³-hybridized carbons (Fsp3) is 0.273. The Labute approximate surface area is 155 Å². The summed E-state index contributed by atoms with van der Waals surface area (Å²) in [6.45, 7) is 3.87. The molecule has 0 amide bonds. The van der Waals surface area contributed by atoms with Gasteiger partial charge in [0.05, 0.1) is 28.3 Å². The van der Waals surface area contributed by atoms with Crippen LogP contribution in [0.3, 0.4) is 0 Å². The minimum Gasteiger partial charge on any atom is -0.824 e. The smallest absolute Gasteiger partial charge is 0.150 e. The van der Waals surface area contributed by atoms with Crippen LogP contribution in [0.1, 0.15) is 11.1 Å². The summed E-state index contributed by atoms with van der Waals surface area (Å²) in [5.74, 6) is -0.312. The van der Waals surface area contributed by atoms with Crippen LogP contribution < -0.4 is 20.0 Å². The molecule has 0 aliphatic carbocycles. The first-order chi connectivity index (χ1) is 12.2. The molecule has 3 rings (SSSR count). The molecule has 4 nitrogen and oxygen atoms in total. The van der Waals surface area contributed by atoms with Gasteiger partial charge in [-0.25, -0.2) is 0 Å². The molecule has 134 valence electrons. The van der Waals surface area contributed by atoms with Crippen LogP contribution in [-0.2, 0) is 0 Å². The van der Waals surface area contributed by atoms with Crippen molar-refractivity contribution < 1.29 is 10.2 Å². The zero-order chi connectivity index (χ0) is 19.2. The van der Waals surface area contributed by atoms with E-state index in [9.17, 15) is 10.2 Å². The van der Waals surface area contributed by atoms with Crippen molar-refractivity contribution in [3.05, 3.63) is 47.5 Å². The van der Waals surface area contributed by atoms with Gasteiger partial charge in [0, 0.05) is 57.6 Å². The molecule has 3 aromatic carbocycles. The highest BCUT2D eigenvalue weighted by Gasteiger charge is 2.30. The lowest BCUT2D eigenvalue weighted by atomic mass is 9.86. The first-order valence-corrected chi connectivity index (χ1v) is 8.62. The van der Waals surface area contributed by atoms with Crippen LogP contribution in [-0.4, -0.2) is 28.2 Å². The van der Waals surface area contributed by atoms with Crippen molar-refractivity contribution in [1.82, 2.24) is 0 Å². The average molecular weight is 348 g/mol. The summed E-state index contributed by atoms with van der Waals surface area (Å²) in [4.78, 5) is 4.00. The number of anilines is 2. The number of nitrogens with zero attached hydrogens (tertiary/aromatic N) is 2. The van der Waals surface area contributed by atoms with Crippen LogP contribution in [0.4, 0.5) is 11.4 Å². The average Bonchev–Trinajstić information content (AvgIpc) is 2.58. The van der Waals surface area contributed by atoms with E-state index >= 15 is 0 Å². The van der Waals surface area contributed by atoms with E-state index in [0.29, 0.717) is 11.1 Å². The van der Waals surface area contributed by atoms with Gasteiger partial charge in [-0.15, -0.1) is 0 Å². The summed E-state index contributed by atoms with van der Waals surface area (Å²) in [7, 11) is 7.86. The zero-order valence-corrected chi connectivity index (χ0v) is 16.2. The van der Waals surface area contributed by atoms with E-state index in [0.717, 1.165) is 33.6 Å². The maximum absolute atomic E-state index is 12.8. The Morgan fingerprint density at radius 3 is 1.81 bits per heavy atom. The fourth-order valence-corrected chi connectivity index (χ4v) is 3.30. The lowest BCUT2D eigenvalue weighted by Gasteiger charge is -2.23. The third kappa shape index (κ3) is 2.81. The van der Waals surface area contributed by atoms with Gasteiger partial charge in [0.1, 0.15) is 11.1 Å². The molecule has 26 heavy (non-hydrogen) atoms. The van der Waals surface area contributed by atoms with Crippen molar-refractivity contribution in [3.8, 4) is 33.8 Å². The normalized spacial score (nSPS) is 11.0. The third-order valence-corrected chi connectivity index (χ3v) is 4.90. The van der Waals surface area contributed by atoms with Crippen LogP contribution >= 0.6 is 0 Å². The third-order valence-electron chi connectivity index (χ3n) is 4.90. The van der Waals surface area contributed by atoms with E-state index in [4.69, 9.17) is 0 Å². The Bertz CT molecular complexity index is 854. The standard InChI is InChI=1S/C22H24N2O2/c1-13-11-15(23(3)4)7-9-17(13)19-21(25)20(22(19)26)18-10-8-16(24(5)6)12-14(18)2/h7-12H,1-6H3. The summed E-state index contributed by atoms with van der Waals surface area (Å²) >= 11 is 0. The van der Waals surface area contributed by atoms with E-state index in [-0.39, 0.29) is 11.5 Å². The van der Waals surface area contributed by atoms with Crippen molar-refractivity contribution in [3.63, 3.8) is 0 Å². The van der Waals surface area contributed by atoms with Gasteiger partial charge in [-0.05, 0) is 32.0 Å². The van der Waals surface area contributed by atoms with Crippen molar-refractivity contribution in [2.45, 2.75) is 13.8 Å². The van der Waals surface area contributed by atoms with Crippen molar-refractivity contribution in [1.29, 1.82) is 0 Å². The van der Waals surface area contributed by atoms with Gasteiger partial charge in [-0.1, -0.05) is 0 Å². The van der Waals surface area contributed by atoms with Crippen molar-refractivity contribution in [2.75, 3.05) is 38.0 Å². The molecule has 0 aliphatic heterocycles. The van der Waals surface area contributed by atoms with Gasteiger partial charge in [0.15, 0.2) is 5.56 Å². The summed E-state index contributed by atoms with van der Waals surface area (Å²) in [6.07, 6.45) is 0. The molecule has 0 radical (unpaired) electrons. The molecule has 0 heterocycles. The predicted molar refractivity (Wildman–Crippen MR) is 106 cm³/mol. The van der Waals surface area contributed by atoms with Crippen LogP contribution in [0.2, 0.25) is 0 Å². The number of rotatable bonds is 4. The molecule has 3 aromatic rings. The van der Waals surface area contributed by atoms with Crippen LogP contribution in [0, 0.1) is 13.8 Å². The number of benzene rings is 2. The highest BCUT2D eigenvalue weighted by atomic mass is 16.3. The Morgan fingerprint density at radius 1 is 0.808 bits per heavy atom. The molecule has 0 N–H and O–H groups in total. The molecule has 0 atom stereocenters. The SMILES string of the molecule is Cc1cc(N(C)C)ccc1-c1c([O-])[c+](-c2ccc(N(C)C)cc2C)[c+]1[O-]. The molecule has 0 unspecified atom stereocenters. The molecule has 0 aromatic heterocycles. The van der Waals surface area contributed by atoms with Crippen LogP contribution in [0.5, 0.6) is 11.5 Å². The van der Waals surface area contributed by atoms with Gasteiger partial charge in [-0.3, -0.25) is 0 Å². The van der Waals surface area contributed by atoms with Gasteiger partial charge in [0.2, 0.25) is 0 Å². The molecule has 4 heteroatoms. The largest absolute Gasteiger partial charge is 0.824 e. The van der Waals surface area contributed by atoms with Crippen molar-refractivity contribution in [2.24, 2.45) is 0 Å². The second-order valence-electron chi connectivity index (χ2n) is 7.20. The number of aryl methyl sites for hydroxylation is 2. The maximum atomic E-state index is 12.8. The molecule has 0 aliphatic rings. The first kappa shape index (κ1) is 17.9. The fourth-order valence-electron chi connectivity index (χ4n) is 3.30. The molecule has 0 spiro atoms. The minimum absolute atomic E-state index is 0.156. The summed E-state index contributed by atoms with van der Waals surface area (Å²) < 4.78 is 0. The molecule has 0 bridgehead atoms. The topological polar surface area (TPSA) is 52.6 Å². The van der Waals surface area contributed by atoms with Gasteiger partial charge >= 0.3 is 0 Å². The summed E-state index contributed by atoms with van der Waals surface area (Å²) in [5, 5.41) is 25.6. The van der Waals surface area contributed by atoms with Gasteiger partial charge in [-0.2, -0.15) is 0 Å². The van der Waals surface area contributed by atoms with Crippen LogP contribution in [0.25, 0.3) is 22.3 Å². The Hall–Kier alpha value is -2.88. The number of hydrogen-bond donors (Lipinski definition) is 0. The van der Waals surface area contributed by atoms with Crippen molar-refractivity contribution >= 4 is 11.4 Å². The quantitative estimate of drug-likeness (QED) is 0.679. The first-order valence-electron chi connectivity index (χ1n) is 8.62. The summed E-state index contributed by atoms with van der Waals surface area (Å²) in [5.41, 5.74) is 6.04. The van der Waals surface area contributed by atoms with E-state index in [1.807, 2.05) is 88.2 Å². The second-order valence-corrected chi connectivity index (χ2v) is 7.20. The van der Waals surface area contributed by atoms with E-state index in [1.165, 1.54) is 0 Å². The van der Waals surface area contributed by atoms with E-state index < -0.39 is 0 Å². The molecular formula is C22H24N2O2. The molecule has 0 saturated carbocycles. The Kier molecular flexibility index (Phi) is 4.45. The lowest BCUT2D eigenvalue weighted by Crippen LogP contribution is -2.12. The Morgan fingerprint density at radius 2 is 1.35 bits per heavy atom. The molecule has 0 fully saturated rings. The number of hydrogen-bond acceptors (Lipinski definition) is 4. The van der Waals surface area contributed by atoms with Gasteiger partial charge in [0.25, 0.3) is 0 Å². The summed E-state index contributed by atoms with van der Waals surface area (Å²) in [6, 6.07) is 11.6. The molecular weight excluding hydrogens is 324 g/mol. The lowest BCUT2D eigenvalue weighted by molar-refractivity contribution is -0.288.